The van der Waals surface area contributed by atoms with Gasteiger partial charge in [0.25, 0.3) is 11.2 Å². The van der Waals surface area contributed by atoms with E-state index in [0.717, 1.165) is 0 Å². The minimum atomic E-state index is -0.508. The lowest BCUT2D eigenvalue weighted by Crippen LogP contribution is -2.14. The molecule has 1 heterocycles. The maximum atomic E-state index is 12.2. The largest absolute Gasteiger partial charge is 0.496 e. The van der Waals surface area contributed by atoms with Crippen molar-refractivity contribution >= 4 is 17.4 Å². The summed E-state index contributed by atoms with van der Waals surface area (Å²) in [5.74, 6) is 1.02. The zero-order valence-electron chi connectivity index (χ0n) is 17.0. The summed E-state index contributed by atoms with van der Waals surface area (Å²) in [4.78, 5) is 29.7. The molecule has 31 heavy (non-hydrogen) atoms. The normalized spacial score (nSPS) is 10.4. The third-order valence-electron chi connectivity index (χ3n) is 4.52. The van der Waals surface area contributed by atoms with Crippen LogP contribution in [0.15, 0.2) is 46.3 Å². The summed E-state index contributed by atoms with van der Waals surface area (Å²) in [6, 6.07) is 11.6. The van der Waals surface area contributed by atoms with Gasteiger partial charge in [-0.15, -0.1) is 0 Å². The number of nitro groups is 1. The maximum absolute atomic E-state index is 12.2. The minimum absolute atomic E-state index is 0.0148. The van der Waals surface area contributed by atoms with Crippen LogP contribution in [0.1, 0.15) is 16.7 Å². The lowest BCUT2D eigenvalue weighted by molar-refractivity contribution is -0.385. The van der Waals surface area contributed by atoms with Crippen molar-refractivity contribution in [1.29, 1.82) is 5.26 Å². The molecule has 10 heteroatoms. The van der Waals surface area contributed by atoms with Crippen LogP contribution >= 0.6 is 11.8 Å². The van der Waals surface area contributed by atoms with Crippen molar-refractivity contribution in [3.63, 3.8) is 0 Å². The Bertz CT molecular complexity index is 1250. The molecular weight excluding hydrogens is 420 g/mol. The third-order valence-corrected chi connectivity index (χ3v) is 5.10. The van der Waals surface area contributed by atoms with E-state index in [1.165, 1.54) is 31.0 Å². The second-order valence-corrected chi connectivity index (χ2v) is 7.23. The average Bonchev–Trinajstić information content (AvgIpc) is 2.76. The summed E-state index contributed by atoms with van der Waals surface area (Å²) < 4.78 is 11.2. The molecule has 9 nitrogen and oxygen atoms in total. The molecule has 0 aliphatic carbocycles. The number of hydrogen-bond donors (Lipinski definition) is 1. The quantitative estimate of drug-likeness (QED) is 0.255. The SMILES string of the molecule is COc1ccc(-c2nc(SC)[nH]c(=O)c2C#N)cc1COc1ccc([N+](=O)[O-])c(C)c1. The number of ether oxygens (including phenoxy) is 2. The number of aryl methyl sites for hydroxylation is 1. The van der Waals surface area contributed by atoms with Gasteiger partial charge in [-0.05, 0) is 43.5 Å². The molecule has 0 bridgehead atoms. The highest BCUT2D eigenvalue weighted by molar-refractivity contribution is 7.98. The lowest BCUT2D eigenvalue weighted by atomic mass is 10.0. The molecule has 0 saturated heterocycles. The van der Waals surface area contributed by atoms with E-state index in [-0.39, 0.29) is 23.6 Å². The van der Waals surface area contributed by atoms with E-state index in [2.05, 4.69) is 9.97 Å². The van der Waals surface area contributed by atoms with Gasteiger partial charge >= 0.3 is 0 Å². The molecule has 0 aliphatic heterocycles. The fourth-order valence-corrected chi connectivity index (χ4v) is 3.36. The molecule has 158 valence electrons. The van der Waals surface area contributed by atoms with Crippen molar-refractivity contribution in [1.82, 2.24) is 9.97 Å². The number of rotatable bonds is 7. The van der Waals surface area contributed by atoms with Crippen molar-refractivity contribution in [3.05, 3.63) is 73.6 Å². The van der Waals surface area contributed by atoms with Crippen LogP contribution in [0, 0.1) is 28.4 Å². The Labute approximate surface area is 181 Å². The van der Waals surface area contributed by atoms with E-state index in [9.17, 15) is 20.2 Å². The summed E-state index contributed by atoms with van der Waals surface area (Å²) >= 11 is 1.26. The predicted molar refractivity (Wildman–Crippen MR) is 116 cm³/mol. The van der Waals surface area contributed by atoms with Gasteiger partial charge in [0, 0.05) is 22.8 Å². The highest BCUT2D eigenvalue weighted by Gasteiger charge is 2.16. The highest BCUT2D eigenvalue weighted by atomic mass is 32.2. The molecule has 1 N–H and O–H groups in total. The minimum Gasteiger partial charge on any atom is -0.496 e. The summed E-state index contributed by atoms with van der Waals surface area (Å²) in [6.07, 6.45) is 1.77. The Hall–Kier alpha value is -3.84. The fourth-order valence-electron chi connectivity index (χ4n) is 2.98. The molecule has 0 spiro atoms. The van der Waals surface area contributed by atoms with Gasteiger partial charge in [-0.3, -0.25) is 14.9 Å². The van der Waals surface area contributed by atoms with E-state index < -0.39 is 10.5 Å². The summed E-state index contributed by atoms with van der Waals surface area (Å²) in [5, 5.41) is 20.8. The predicted octanol–water partition coefficient (Wildman–Crippen LogP) is 3.83. The van der Waals surface area contributed by atoms with E-state index in [4.69, 9.17) is 9.47 Å². The smallest absolute Gasteiger partial charge is 0.272 e. The second kappa shape index (κ2) is 9.32. The molecule has 0 radical (unpaired) electrons. The maximum Gasteiger partial charge on any atom is 0.272 e. The standard InChI is InChI=1S/C21H18N4O5S/c1-12-8-15(5-6-17(12)25(27)28)30-11-14-9-13(4-7-18(14)29-2)19-16(10-22)20(26)24-21(23-19)31-3/h4-9H,11H2,1-3H3,(H,23,24,26). The Morgan fingerprint density at radius 2 is 2.06 bits per heavy atom. The van der Waals surface area contributed by atoms with Crippen LogP contribution in [0.25, 0.3) is 11.3 Å². The summed E-state index contributed by atoms with van der Waals surface area (Å²) in [7, 11) is 1.52. The Kier molecular flexibility index (Phi) is 6.57. The van der Waals surface area contributed by atoms with E-state index >= 15 is 0 Å². The van der Waals surface area contributed by atoms with Gasteiger partial charge in [0.1, 0.15) is 29.7 Å². The molecule has 0 fully saturated rings. The summed E-state index contributed by atoms with van der Waals surface area (Å²) in [6.45, 7) is 1.74. The zero-order chi connectivity index (χ0) is 22.5. The van der Waals surface area contributed by atoms with Crippen LogP contribution in [0.2, 0.25) is 0 Å². The van der Waals surface area contributed by atoms with Gasteiger partial charge in [-0.1, -0.05) is 11.8 Å². The van der Waals surface area contributed by atoms with Crippen LogP contribution in [0.3, 0.4) is 0 Å². The number of hydrogen-bond acceptors (Lipinski definition) is 8. The number of nitriles is 1. The van der Waals surface area contributed by atoms with Crippen LogP contribution in [-0.4, -0.2) is 28.3 Å². The summed E-state index contributed by atoms with van der Waals surface area (Å²) in [5.41, 5.74) is 1.41. The second-order valence-electron chi connectivity index (χ2n) is 6.43. The Balaban J connectivity index is 1.97. The highest BCUT2D eigenvalue weighted by Crippen LogP contribution is 2.29. The number of benzene rings is 2. The molecule has 0 amide bonds. The van der Waals surface area contributed by atoms with Crippen LogP contribution < -0.4 is 15.0 Å². The molecule has 0 atom stereocenters. The van der Waals surface area contributed by atoms with Gasteiger partial charge < -0.3 is 14.5 Å². The Morgan fingerprint density at radius 1 is 1.29 bits per heavy atom. The number of nitrogens with zero attached hydrogens (tertiary/aromatic N) is 3. The van der Waals surface area contributed by atoms with Gasteiger partial charge in [-0.2, -0.15) is 5.26 Å². The molecule has 0 unspecified atom stereocenters. The molecule has 0 aliphatic rings. The van der Waals surface area contributed by atoms with Crippen molar-refractivity contribution in [2.45, 2.75) is 18.7 Å². The molecular formula is C21H18N4O5S. The zero-order valence-corrected chi connectivity index (χ0v) is 17.8. The van der Waals surface area contributed by atoms with Crippen molar-refractivity contribution < 1.29 is 14.4 Å². The van der Waals surface area contributed by atoms with Gasteiger partial charge in [-0.25, -0.2) is 4.98 Å². The van der Waals surface area contributed by atoms with E-state index in [1.54, 1.807) is 37.4 Å². The molecule has 1 aromatic heterocycles. The van der Waals surface area contributed by atoms with E-state index in [0.29, 0.717) is 33.3 Å². The number of aromatic nitrogens is 2. The van der Waals surface area contributed by atoms with Crippen molar-refractivity contribution in [2.24, 2.45) is 0 Å². The third kappa shape index (κ3) is 4.67. The molecule has 2 aromatic carbocycles. The number of nitrogens with one attached hydrogen (secondary N) is 1. The van der Waals surface area contributed by atoms with E-state index in [1.807, 2.05) is 6.07 Å². The molecule has 3 rings (SSSR count). The number of methoxy groups -OCH3 is 1. The average molecular weight is 438 g/mol. The first kappa shape index (κ1) is 21.9. The molecule has 3 aromatic rings. The first-order valence-electron chi connectivity index (χ1n) is 9.01. The van der Waals surface area contributed by atoms with Crippen molar-refractivity contribution in [3.8, 4) is 28.8 Å². The number of H-pyrrole nitrogens is 1. The van der Waals surface area contributed by atoms with Crippen LogP contribution in [0.4, 0.5) is 5.69 Å². The first-order valence-corrected chi connectivity index (χ1v) is 10.2. The van der Waals surface area contributed by atoms with Crippen LogP contribution in [-0.2, 0) is 6.61 Å². The molecule has 0 saturated carbocycles. The number of aromatic amines is 1. The monoisotopic (exact) mass is 438 g/mol. The lowest BCUT2D eigenvalue weighted by Gasteiger charge is -2.13. The van der Waals surface area contributed by atoms with Crippen LogP contribution in [0.5, 0.6) is 11.5 Å². The fraction of sp³-hybridized carbons (Fsp3) is 0.190. The number of thioether (sulfide) groups is 1. The van der Waals surface area contributed by atoms with Gasteiger partial charge in [0.15, 0.2) is 5.16 Å². The first-order chi connectivity index (χ1) is 14.9. The number of nitro benzene ring substituents is 1. The Morgan fingerprint density at radius 3 is 2.68 bits per heavy atom. The topological polar surface area (TPSA) is 131 Å². The van der Waals surface area contributed by atoms with Gasteiger partial charge in [0.2, 0.25) is 0 Å². The van der Waals surface area contributed by atoms with Crippen molar-refractivity contribution in [2.75, 3.05) is 13.4 Å². The van der Waals surface area contributed by atoms with Gasteiger partial charge in [0.05, 0.1) is 17.7 Å².